The molecule has 0 bridgehead atoms. The summed E-state index contributed by atoms with van der Waals surface area (Å²) in [5.74, 6) is 1.17. The van der Waals surface area contributed by atoms with E-state index in [-0.39, 0.29) is 12.4 Å². The van der Waals surface area contributed by atoms with Crippen molar-refractivity contribution in [1.82, 2.24) is 19.9 Å². The maximum absolute atomic E-state index is 12.1. The number of nitrogens with zero attached hydrogens (tertiary/aromatic N) is 5. The summed E-state index contributed by atoms with van der Waals surface area (Å²) in [5.41, 5.74) is 0.908. The second-order valence-corrected chi connectivity index (χ2v) is 7.00. The summed E-state index contributed by atoms with van der Waals surface area (Å²) in [6.45, 7) is 6.56. The van der Waals surface area contributed by atoms with E-state index < -0.39 is 10.0 Å². The van der Waals surface area contributed by atoms with Crippen LogP contribution in [0.4, 0.5) is 5.82 Å². The zero-order chi connectivity index (χ0) is 16.3. The Kier molecular flexibility index (Phi) is 4.84. The van der Waals surface area contributed by atoms with Gasteiger partial charge in [0.2, 0.25) is 15.9 Å². The van der Waals surface area contributed by atoms with Gasteiger partial charge in [-0.3, -0.25) is 4.68 Å². The topological polar surface area (TPSA) is 94.1 Å². The molecule has 0 aliphatic rings. The second kappa shape index (κ2) is 6.47. The Morgan fingerprint density at radius 2 is 2.09 bits per heavy atom. The number of hydrogen-bond donors (Lipinski definition) is 0. The van der Waals surface area contributed by atoms with Crippen LogP contribution < -0.4 is 4.31 Å². The van der Waals surface area contributed by atoms with Gasteiger partial charge in [-0.05, 0) is 13.3 Å². The lowest BCUT2D eigenvalue weighted by molar-refractivity contribution is 0.374. The lowest BCUT2D eigenvalue weighted by Gasteiger charge is -2.17. The molecule has 8 nitrogen and oxygen atoms in total. The molecule has 0 aliphatic heterocycles. The fourth-order valence-corrected chi connectivity index (χ4v) is 2.82. The predicted octanol–water partition coefficient (Wildman–Crippen LogP) is 1.51. The number of aromatic nitrogens is 4. The van der Waals surface area contributed by atoms with Gasteiger partial charge in [0.1, 0.15) is 6.54 Å². The van der Waals surface area contributed by atoms with Crippen LogP contribution in [0.5, 0.6) is 0 Å². The Balaban J connectivity index is 2.32. The largest absolute Gasteiger partial charge is 0.337 e. The van der Waals surface area contributed by atoms with Crippen molar-refractivity contribution in [2.45, 2.75) is 46.7 Å². The van der Waals surface area contributed by atoms with Gasteiger partial charge in [-0.15, -0.1) is 0 Å². The van der Waals surface area contributed by atoms with Crippen LogP contribution in [-0.2, 0) is 29.5 Å². The zero-order valence-corrected chi connectivity index (χ0v) is 14.1. The van der Waals surface area contributed by atoms with E-state index in [0.717, 1.165) is 24.9 Å². The van der Waals surface area contributed by atoms with E-state index >= 15 is 0 Å². The van der Waals surface area contributed by atoms with E-state index in [4.69, 9.17) is 4.52 Å². The van der Waals surface area contributed by atoms with Crippen LogP contribution in [0.1, 0.15) is 37.7 Å². The third kappa shape index (κ3) is 3.65. The molecular formula is C13H21N5O3S. The van der Waals surface area contributed by atoms with Gasteiger partial charge in [0.05, 0.1) is 6.26 Å². The average molecular weight is 327 g/mol. The molecule has 0 spiro atoms. The van der Waals surface area contributed by atoms with Gasteiger partial charge in [0.25, 0.3) is 0 Å². The zero-order valence-electron chi connectivity index (χ0n) is 13.3. The van der Waals surface area contributed by atoms with E-state index in [1.165, 1.54) is 4.31 Å². The summed E-state index contributed by atoms with van der Waals surface area (Å²) >= 11 is 0. The first-order chi connectivity index (χ1) is 10.3. The van der Waals surface area contributed by atoms with Crippen molar-refractivity contribution in [3.63, 3.8) is 0 Å². The molecule has 2 rings (SSSR count). The van der Waals surface area contributed by atoms with E-state index in [1.807, 2.05) is 20.8 Å². The number of aryl methyl sites for hydroxylation is 3. The molecular weight excluding hydrogens is 306 g/mol. The first-order valence-electron chi connectivity index (χ1n) is 7.18. The summed E-state index contributed by atoms with van der Waals surface area (Å²) < 4.78 is 32.2. The van der Waals surface area contributed by atoms with Crippen molar-refractivity contribution in [2.24, 2.45) is 0 Å². The number of sulfonamides is 1. The monoisotopic (exact) mass is 327 g/mol. The van der Waals surface area contributed by atoms with Crippen LogP contribution >= 0.6 is 0 Å². The molecule has 0 N–H and O–H groups in total. The molecule has 0 atom stereocenters. The highest BCUT2D eigenvalue weighted by molar-refractivity contribution is 7.92. The minimum absolute atomic E-state index is 0.0194. The van der Waals surface area contributed by atoms with Gasteiger partial charge < -0.3 is 4.52 Å². The smallest absolute Gasteiger partial charge is 0.247 e. The Labute approximate surface area is 130 Å². The van der Waals surface area contributed by atoms with Crippen molar-refractivity contribution < 1.29 is 12.9 Å². The molecule has 22 heavy (non-hydrogen) atoms. The molecule has 122 valence electrons. The summed E-state index contributed by atoms with van der Waals surface area (Å²) in [6, 6.07) is 1.74. The van der Waals surface area contributed by atoms with Crippen molar-refractivity contribution in [1.29, 1.82) is 0 Å². The van der Waals surface area contributed by atoms with Crippen molar-refractivity contribution in [3.8, 4) is 0 Å². The Morgan fingerprint density at radius 1 is 1.36 bits per heavy atom. The maximum atomic E-state index is 12.1. The molecule has 2 aromatic heterocycles. The molecule has 0 saturated heterocycles. The summed E-state index contributed by atoms with van der Waals surface area (Å²) in [7, 11) is -3.50. The molecule has 0 fully saturated rings. The molecule has 0 unspecified atom stereocenters. The van der Waals surface area contributed by atoms with E-state index in [0.29, 0.717) is 18.1 Å². The molecule has 0 aliphatic carbocycles. The summed E-state index contributed by atoms with van der Waals surface area (Å²) in [5, 5.41) is 8.15. The number of hydrogen-bond acceptors (Lipinski definition) is 6. The fourth-order valence-electron chi connectivity index (χ4n) is 2.04. The molecule has 0 radical (unpaired) electrons. The highest BCUT2D eigenvalue weighted by atomic mass is 32.2. The van der Waals surface area contributed by atoms with E-state index in [1.54, 1.807) is 10.7 Å². The molecule has 0 aromatic carbocycles. The van der Waals surface area contributed by atoms with Gasteiger partial charge >= 0.3 is 0 Å². The van der Waals surface area contributed by atoms with Crippen LogP contribution in [-0.4, -0.2) is 34.6 Å². The molecule has 9 heteroatoms. The minimum atomic E-state index is -3.50. The molecule has 0 amide bonds. The Morgan fingerprint density at radius 3 is 2.64 bits per heavy atom. The first kappa shape index (κ1) is 16.5. The van der Waals surface area contributed by atoms with E-state index in [2.05, 4.69) is 15.2 Å². The van der Waals surface area contributed by atoms with Gasteiger partial charge in [-0.1, -0.05) is 19.0 Å². The fraction of sp³-hybridized carbons (Fsp3) is 0.615. The first-order valence-corrected chi connectivity index (χ1v) is 9.03. The van der Waals surface area contributed by atoms with Crippen molar-refractivity contribution >= 4 is 15.8 Å². The van der Waals surface area contributed by atoms with Gasteiger partial charge in [0.15, 0.2) is 11.6 Å². The van der Waals surface area contributed by atoms with Gasteiger partial charge in [-0.25, -0.2) is 12.7 Å². The molecule has 2 heterocycles. The predicted molar refractivity (Wildman–Crippen MR) is 82.0 cm³/mol. The average Bonchev–Trinajstić information content (AvgIpc) is 3.02. The van der Waals surface area contributed by atoms with Crippen LogP contribution in [0, 0.1) is 6.92 Å². The summed E-state index contributed by atoms with van der Waals surface area (Å²) in [4.78, 5) is 4.15. The maximum Gasteiger partial charge on any atom is 0.247 e. The van der Waals surface area contributed by atoms with Crippen molar-refractivity contribution in [2.75, 3.05) is 10.6 Å². The molecule has 0 saturated carbocycles. The lowest BCUT2D eigenvalue weighted by Crippen LogP contribution is -2.30. The highest BCUT2D eigenvalue weighted by Gasteiger charge is 2.24. The van der Waals surface area contributed by atoms with E-state index in [9.17, 15) is 8.42 Å². The minimum Gasteiger partial charge on any atom is -0.337 e. The standard InChI is InChI=1S/C13H21N5O3S/c1-5-7-17-10(3)8-12(15-17)18(22(4,19)20)9-13-14-11(6-2)16-21-13/h8H,5-7,9H2,1-4H3. The van der Waals surface area contributed by atoms with Crippen LogP contribution in [0.2, 0.25) is 0 Å². The highest BCUT2D eigenvalue weighted by Crippen LogP contribution is 2.20. The molecule has 2 aromatic rings. The van der Waals surface area contributed by atoms with Crippen LogP contribution in [0.25, 0.3) is 0 Å². The Hall–Kier alpha value is -1.90. The Bertz CT molecular complexity index is 735. The quantitative estimate of drug-likeness (QED) is 0.765. The number of rotatable bonds is 7. The van der Waals surface area contributed by atoms with Crippen LogP contribution in [0.3, 0.4) is 0 Å². The second-order valence-electron chi connectivity index (χ2n) is 5.09. The van der Waals surface area contributed by atoms with Gasteiger partial charge in [-0.2, -0.15) is 10.1 Å². The SMILES string of the molecule is CCCn1nc(N(Cc2nc(CC)no2)S(C)(=O)=O)cc1C. The number of anilines is 1. The summed E-state index contributed by atoms with van der Waals surface area (Å²) in [6.07, 6.45) is 2.69. The van der Waals surface area contributed by atoms with Crippen molar-refractivity contribution in [3.05, 3.63) is 23.5 Å². The van der Waals surface area contributed by atoms with Gasteiger partial charge in [0, 0.05) is 24.7 Å². The lowest BCUT2D eigenvalue weighted by atomic mass is 10.4. The van der Waals surface area contributed by atoms with Crippen LogP contribution in [0.15, 0.2) is 10.6 Å². The normalized spacial score (nSPS) is 11.8. The third-order valence-electron chi connectivity index (χ3n) is 3.16. The third-order valence-corrected chi connectivity index (χ3v) is 4.28.